The van der Waals surface area contributed by atoms with Crippen molar-refractivity contribution in [3.05, 3.63) is 35.4 Å². The number of nitrogens with two attached hydrogens (primary N) is 1. The van der Waals surface area contributed by atoms with Crippen LogP contribution in [-0.4, -0.2) is 0 Å². The summed E-state index contributed by atoms with van der Waals surface area (Å²) in [6.45, 7) is 0. The molecule has 1 aliphatic carbocycles. The van der Waals surface area contributed by atoms with Crippen LogP contribution in [0.3, 0.4) is 0 Å². The van der Waals surface area contributed by atoms with Crippen molar-refractivity contribution >= 4 is 0 Å². The van der Waals surface area contributed by atoms with Gasteiger partial charge in [-0.1, -0.05) is 25.0 Å². The molecule has 0 aromatic heterocycles. The molecule has 2 rings (SSSR count). The van der Waals surface area contributed by atoms with Crippen LogP contribution in [0.5, 0.6) is 0 Å². The SMILES string of the molecule is N#Cc1cccc([C@H](N)C2CCCC2)c1. The second-order valence-corrected chi connectivity index (χ2v) is 4.31. The summed E-state index contributed by atoms with van der Waals surface area (Å²) in [6, 6.07) is 9.96. The zero-order chi connectivity index (χ0) is 10.7. The lowest BCUT2D eigenvalue weighted by molar-refractivity contribution is 0.445. The molecular formula is C13H16N2. The van der Waals surface area contributed by atoms with E-state index in [1.54, 1.807) is 0 Å². The molecule has 2 N–H and O–H groups in total. The quantitative estimate of drug-likeness (QED) is 0.798. The van der Waals surface area contributed by atoms with Crippen molar-refractivity contribution in [3.8, 4) is 6.07 Å². The molecule has 0 spiro atoms. The van der Waals surface area contributed by atoms with Crippen molar-refractivity contribution in [2.24, 2.45) is 11.7 Å². The van der Waals surface area contributed by atoms with E-state index in [0.29, 0.717) is 11.5 Å². The Labute approximate surface area is 90.7 Å². The predicted octanol–water partition coefficient (Wildman–Crippen LogP) is 2.75. The van der Waals surface area contributed by atoms with Gasteiger partial charge in [-0.2, -0.15) is 5.26 Å². The van der Waals surface area contributed by atoms with E-state index in [2.05, 4.69) is 6.07 Å². The lowest BCUT2D eigenvalue weighted by atomic mass is 9.92. The van der Waals surface area contributed by atoms with Gasteiger partial charge in [-0.05, 0) is 36.5 Å². The summed E-state index contributed by atoms with van der Waals surface area (Å²) >= 11 is 0. The molecule has 1 saturated carbocycles. The molecular weight excluding hydrogens is 184 g/mol. The number of hydrogen-bond donors (Lipinski definition) is 1. The van der Waals surface area contributed by atoms with Crippen LogP contribution in [0.15, 0.2) is 24.3 Å². The van der Waals surface area contributed by atoms with Crippen LogP contribution in [-0.2, 0) is 0 Å². The Morgan fingerprint density at radius 1 is 1.33 bits per heavy atom. The normalized spacial score (nSPS) is 18.7. The molecule has 0 saturated heterocycles. The van der Waals surface area contributed by atoms with Crippen LogP contribution in [0.25, 0.3) is 0 Å². The van der Waals surface area contributed by atoms with Crippen molar-refractivity contribution in [1.82, 2.24) is 0 Å². The first-order valence-corrected chi connectivity index (χ1v) is 5.57. The average molecular weight is 200 g/mol. The van der Waals surface area contributed by atoms with Crippen LogP contribution < -0.4 is 5.73 Å². The summed E-state index contributed by atoms with van der Waals surface area (Å²) in [7, 11) is 0. The van der Waals surface area contributed by atoms with Crippen molar-refractivity contribution in [1.29, 1.82) is 5.26 Å². The first-order chi connectivity index (χ1) is 7.31. The number of hydrogen-bond acceptors (Lipinski definition) is 2. The Kier molecular flexibility index (Phi) is 3.03. The maximum atomic E-state index is 8.82. The molecule has 0 amide bonds. The molecule has 2 heteroatoms. The molecule has 78 valence electrons. The number of nitrogens with zero attached hydrogens (tertiary/aromatic N) is 1. The minimum atomic E-state index is 0.112. The molecule has 1 aromatic rings. The summed E-state index contributed by atoms with van der Waals surface area (Å²) in [5.41, 5.74) is 8.04. The molecule has 1 fully saturated rings. The fraction of sp³-hybridized carbons (Fsp3) is 0.462. The first kappa shape index (κ1) is 10.2. The molecule has 2 nitrogen and oxygen atoms in total. The van der Waals surface area contributed by atoms with Crippen molar-refractivity contribution in [2.75, 3.05) is 0 Å². The second-order valence-electron chi connectivity index (χ2n) is 4.31. The molecule has 0 radical (unpaired) electrons. The van der Waals surface area contributed by atoms with E-state index in [0.717, 1.165) is 5.56 Å². The minimum absolute atomic E-state index is 0.112. The fourth-order valence-electron chi connectivity index (χ4n) is 2.40. The van der Waals surface area contributed by atoms with E-state index in [9.17, 15) is 0 Å². The van der Waals surface area contributed by atoms with Crippen molar-refractivity contribution < 1.29 is 0 Å². The van der Waals surface area contributed by atoms with Crippen LogP contribution in [0.1, 0.15) is 42.9 Å². The van der Waals surface area contributed by atoms with E-state index < -0.39 is 0 Å². The highest BCUT2D eigenvalue weighted by Crippen LogP contribution is 2.34. The Bertz CT molecular complexity index is 372. The number of rotatable bonds is 2. The standard InChI is InChI=1S/C13H16N2/c14-9-10-4-3-7-12(8-10)13(15)11-5-1-2-6-11/h3-4,7-8,11,13H,1-2,5-6,15H2/t13-/m1/s1. The van der Waals surface area contributed by atoms with E-state index in [1.807, 2.05) is 24.3 Å². The van der Waals surface area contributed by atoms with Crippen molar-refractivity contribution in [3.63, 3.8) is 0 Å². The lowest BCUT2D eigenvalue weighted by Crippen LogP contribution is -2.19. The fourth-order valence-corrected chi connectivity index (χ4v) is 2.40. The third-order valence-electron chi connectivity index (χ3n) is 3.31. The van der Waals surface area contributed by atoms with Gasteiger partial charge in [0.15, 0.2) is 0 Å². The van der Waals surface area contributed by atoms with Gasteiger partial charge in [0, 0.05) is 6.04 Å². The van der Waals surface area contributed by atoms with Crippen molar-refractivity contribution in [2.45, 2.75) is 31.7 Å². The van der Waals surface area contributed by atoms with Gasteiger partial charge in [0.05, 0.1) is 11.6 Å². The summed E-state index contributed by atoms with van der Waals surface area (Å²) < 4.78 is 0. The largest absolute Gasteiger partial charge is 0.324 e. The summed E-state index contributed by atoms with van der Waals surface area (Å²) in [6.07, 6.45) is 5.07. The number of nitriles is 1. The molecule has 0 heterocycles. The number of benzene rings is 1. The Morgan fingerprint density at radius 3 is 2.73 bits per heavy atom. The van der Waals surface area contributed by atoms with Gasteiger partial charge >= 0.3 is 0 Å². The Morgan fingerprint density at radius 2 is 2.07 bits per heavy atom. The summed E-state index contributed by atoms with van der Waals surface area (Å²) in [5.74, 6) is 0.610. The molecule has 1 aromatic carbocycles. The predicted molar refractivity (Wildman–Crippen MR) is 60.0 cm³/mol. The van der Waals surface area contributed by atoms with Crippen LogP contribution >= 0.6 is 0 Å². The topological polar surface area (TPSA) is 49.8 Å². The van der Waals surface area contributed by atoms with E-state index in [4.69, 9.17) is 11.0 Å². The third kappa shape index (κ3) is 2.19. The molecule has 1 atom stereocenters. The Balaban J connectivity index is 2.17. The molecule has 0 unspecified atom stereocenters. The smallest absolute Gasteiger partial charge is 0.0991 e. The lowest BCUT2D eigenvalue weighted by Gasteiger charge is -2.19. The maximum Gasteiger partial charge on any atom is 0.0991 e. The van der Waals surface area contributed by atoms with Gasteiger partial charge in [-0.15, -0.1) is 0 Å². The zero-order valence-corrected chi connectivity index (χ0v) is 8.82. The van der Waals surface area contributed by atoms with Gasteiger partial charge in [-0.25, -0.2) is 0 Å². The van der Waals surface area contributed by atoms with E-state index in [-0.39, 0.29) is 6.04 Å². The van der Waals surface area contributed by atoms with Crippen LogP contribution in [0.2, 0.25) is 0 Å². The first-order valence-electron chi connectivity index (χ1n) is 5.57. The minimum Gasteiger partial charge on any atom is -0.324 e. The molecule has 0 bridgehead atoms. The van der Waals surface area contributed by atoms with Gasteiger partial charge in [0.25, 0.3) is 0 Å². The van der Waals surface area contributed by atoms with E-state index >= 15 is 0 Å². The molecule has 15 heavy (non-hydrogen) atoms. The third-order valence-corrected chi connectivity index (χ3v) is 3.31. The highest BCUT2D eigenvalue weighted by atomic mass is 14.7. The second kappa shape index (κ2) is 4.46. The molecule has 0 aliphatic heterocycles. The Hall–Kier alpha value is -1.33. The zero-order valence-electron chi connectivity index (χ0n) is 8.82. The highest BCUT2D eigenvalue weighted by Gasteiger charge is 2.23. The van der Waals surface area contributed by atoms with Crippen LogP contribution in [0.4, 0.5) is 0 Å². The molecule has 1 aliphatic rings. The monoisotopic (exact) mass is 200 g/mol. The van der Waals surface area contributed by atoms with Gasteiger partial charge < -0.3 is 5.73 Å². The maximum absolute atomic E-state index is 8.82. The highest BCUT2D eigenvalue weighted by molar-refractivity contribution is 5.34. The van der Waals surface area contributed by atoms with Gasteiger partial charge in [0.1, 0.15) is 0 Å². The average Bonchev–Trinajstić information content (AvgIpc) is 2.81. The summed E-state index contributed by atoms with van der Waals surface area (Å²) in [5, 5.41) is 8.82. The van der Waals surface area contributed by atoms with E-state index in [1.165, 1.54) is 25.7 Å². The van der Waals surface area contributed by atoms with Gasteiger partial charge in [0.2, 0.25) is 0 Å². The van der Waals surface area contributed by atoms with Gasteiger partial charge in [-0.3, -0.25) is 0 Å². The van der Waals surface area contributed by atoms with Crippen LogP contribution in [0, 0.1) is 17.2 Å². The summed E-state index contributed by atoms with van der Waals surface area (Å²) in [4.78, 5) is 0.